The smallest absolute Gasteiger partial charge is 0.340 e. The molecule has 0 unspecified atom stereocenters. The fraction of sp³-hybridized carbons (Fsp3) is 0.300. The lowest BCUT2D eigenvalue weighted by molar-refractivity contribution is -0.124. The minimum absolute atomic E-state index is 0.0205. The number of halogens is 2. The van der Waals surface area contributed by atoms with Crippen molar-refractivity contribution in [3.8, 4) is 0 Å². The summed E-state index contributed by atoms with van der Waals surface area (Å²) < 4.78 is 44.5. The van der Waals surface area contributed by atoms with Crippen molar-refractivity contribution in [1.82, 2.24) is 9.62 Å². The number of carbonyl (C=O) groups is 2. The molecule has 0 radical (unpaired) electrons. The summed E-state index contributed by atoms with van der Waals surface area (Å²) >= 11 is 6.03. The maximum Gasteiger partial charge on any atom is 0.340 e. The first kappa shape index (κ1) is 22.2. The van der Waals surface area contributed by atoms with Gasteiger partial charge in [0.05, 0.1) is 15.5 Å². The van der Waals surface area contributed by atoms with Crippen LogP contribution in [0.3, 0.4) is 0 Å². The molecule has 30 heavy (non-hydrogen) atoms. The molecular formula is C20H20ClFN2O5S. The molecule has 1 saturated heterocycles. The first-order chi connectivity index (χ1) is 14.3. The van der Waals surface area contributed by atoms with Gasteiger partial charge in [0.15, 0.2) is 6.61 Å². The predicted octanol–water partition coefficient (Wildman–Crippen LogP) is 2.74. The molecule has 1 aliphatic rings. The average Bonchev–Trinajstić information content (AvgIpc) is 3.27. The normalized spacial score (nSPS) is 14.5. The van der Waals surface area contributed by atoms with Gasteiger partial charge in [-0.1, -0.05) is 23.7 Å². The van der Waals surface area contributed by atoms with Gasteiger partial charge in [0.1, 0.15) is 5.82 Å². The van der Waals surface area contributed by atoms with Gasteiger partial charge in [-0.25, -0.2) is 17.6 Å². The third-order valence-corrected chi connectivity index (χ3v) is 6.82. The molecule has 2 aromatic rings. The number of benzene rings is 2. The summed E-state index contributed by atoms with van der Waals surface area (Å²) in [5.41, 5.74) is 0.544. The van der Waals surface area contributed by atoms with E-state index in [1.165, 1.54) is 40.7 Å². The summed E-state index contributed by atoms with van der Waals surface area (Å²) in [5, 5.41) is 2.56. The summed E-state index contributed by atoms with van der Waals surface area (Å²) in [5.74, 6) is -1.86. The first-order valence-corrected chi connectivity index (χ1v) is 11.1. The van der Waals surface area contributed by atoms with Crippen molar-refractivity contribution in [2.45, 2.75) is 24.3 Å². The highest BCUT2D eigenvalue weighted by Crippen LogP contribution is 2.25. The minimum atomic E-state index is -3.72. The van der Waals surface area contributed by atoms with Crippen LogP contribution in [0.5, 0.6) is 0 Å². The van der Waals surface area contributed by atoms with E-state index in [0.29, 0.717) is 18.7 Å². The van der Waals surface area contributed by atoms with Crippen LogP contribution in [0.15, 0.2) is 47.4 Å². The molecule has 0 aliphatic carbocycles. The second kappa shape index (κ2) is 9.55. The molecule has 0 spiro atoms. The zero-order valence-electron chi connectivity index (χ0n) is 15.9. The molecule has 0 saturated carbocycles. The van der Waals surface area contributed by atoms with Crippen LogP contribution in [0.1, 0.15) is 28.8 Å². The quantitative estimate of drug-likeness (QED) is 0.649. The Morgan fingerprint density at radius 2 is 1.77 bits per heavy atom. The number of hydrogen-bond donors (Lipinski definition) is 1. The monoisotopic (exact) mass is 454 g/mol. The summed E-state index contributed by atoms with van der Waals surface area (Å²) in [6.45, 7) is 0.429. The Morgan fingerprint density at radius 3 is 2.43 bits per heavy atom. The van der Waals surface area contributed by atoms with Crippen LogP contribution in [-0.2, 0) is 26.1 Å². The number of nitrogens with one attached hydrogen (secondary N) is 1. The molecule has 10 heteroatoms. The fourth-order valence-electron chi connectivity index (χ4n) is 2.96. The molecule has 160 valence electrons. The molecule has 1 amide bonds. The number of esters is 1. The Morgan fingerprint density at radius 1 is 1.10 bits per heavy atom. The van der Waals surface area contributed by atoms with E-state index in [4.69, 9.17) is 16.3 Å². The van der Waals surface area contributed by atoms with Gasteiger partial charge in [0.2, 0.25) is 10.0 Å². The number of carbonyl (C=O) groups excluding carboxylic acids is 2. The molecule has 0 atom stereocenters. The Hall–Kier alpha value is -2.49. The number of amides is 1. The Labute approximate surface area is 178 Å². The highest BCUT2D eigenvalue weighted by molar-refractivity contribution is 7.89. The van der Waals surface area contributed by atoms with Crippen molar-refractivity contribution in [1.29, 1.82) is 0 Å². The van der Waals surface area contributed by atoms with E-state index in [1.54, 1.807) is 0 Å². The summed E-state index contributed by atoms with van der Waals surface area (Å²) in [4.78, 5) is 24.2. The van der Waals surface area contributed by atoms with E-state index >= 15 is 0 Å². The second-order valence-corrected chi connectivity index (χ2v) is 9.08. The number of ether oxygens (including phenoxy) is 1. The van der Waals surface area contributed by atoms with Crippen molar-refractivity contribution < 1.29 is 27.1 Å². The van der Waals surface area contributed by atoms with Crippen LogP contribution < -0.4 is 5.32 Å². The topological polar surface area (TPSA) is 92.8 Å². The molecule has 1 fully saturated rings. The number of nitrogens with zero attached hydrogens (tertiary/aromatic N) is 1. The van der Waals surface area contributed by atoms with E-state index in [2.05, 4.69) is 5.32 Å². The fourth-order valence-corrected chi connectivity index (χ4v) is 4.70. The van der Waals surface area contributed by atoms with Gasteiger partial charge in [-0.3, -0.25) is 4.79 Å². The van der Waals surface area contributed by atoms with Crippen molar-refractivity contribution >= 4 is 33.5 Å². The highest BCUT2D eigenvalue weighted by atomic mass is 35.5. The highest BCUT2D eigenvalue weighted by Gasteiger charge is 2.28. The maximum atomic E-state index is 12.9. The summed E-state index contributed by atoms with van der Waals surface area (Å²) in [6.07, 6.45) is 1.57. The summed E-state index contributed by atoms with van der Waals surface area (Å²) in [6, 6.07) is 9.40. The number of hydrogen-bond acceptors (Lipinski definition) is 5. The largest absolute Gasteiger partial charge is 0.452 e. The third kappa shape index (κ3) is 5.35. The van der Waals surface area contributed by atoms with Crippen LogP contribution in [-0.4, -0.2) is 44.3 Å². The molecule has 1 heterocycles. The lowest BCUT2D eigenvalue weighted by Gasteiger charge is -2.16. The van der Waals surface area contributed by atoms with Crippen LogP contribution in [0, 0.1) is 5.82 Å². The predicted molar refractivity (Wildman–Crippen MR) is 108 cm³/mol. The van der Waals surface area contributed by atoms with E-state index in [0.717, 1.165) is 18.9 Å². The van der Waals surface area contributed by atoms with Crippen LogP contribution >= 0.6 is 11.6 Å². The molecule has 0 bridgehead atoms. The van der Waals surface area contributed by atoms with Gasteiger partial charge in [-0.05, 0) is 48.7 Å². The van der Waals surface area contributed by atoms with Gasteiger partial charge in [0.25, 0.3) is 5.91 Å². The van der Waals surface area contributed by atoms with Gasteiger partial charge < -0.3 is 10.1 Å². The third-order valence-electron chi connectivity index (χ3n) is 4.60. The molecular weight excluding hydrogens is 435 g/mol. The molecule has 2 aromatic carbocycles. The molecule has 1 N–H and O–H groups in total. The van der Waals surface area contributed by atoms with E-state index in [-0.39, 0.29) is 27.8 Å². The van der Waals surface area contributed by atoms with Gasteiger partial charge in [-0.15, -0.1) is 0 Å². The van der Waals surface area contributed by atoms with Crippen LogP contribution in [0.25, 0.3) is 0 Å². The summed E-state index contributed by atoms with van der Waals surface area (Å²) in [7, 11) is -3.72. The molecule has 0 aromatic heterocycles. The van der Waals surface area contributed by atoms with Crippen molar-refractivity contribution in [2.75, 3.05) is 19.7 Å². The average molecular weight is 455 g/mol. The van der Waals surface area contributed by atoms with Crippen LogP contribution in [0.4, 0.5) is 4.39 Å². The van der Waals surface area contributed by atoms with E-state index in [1.807, 2.05) is 0 Å². The zero-order valence-corrected chi connectivity index (χ0v) is 17.5. The van der Waals surface area contributed by atoms with Crippen molar-refractivity contribution in [3.63, 3.8) is 0 Å². The number of sulfonamides is 1. The zero-order chi connectivity index (χ0) is 21.7. The Kier molecular flexibility index (Phi) is 7.06. The van der Waals surface area contributed by atoms with Gasteiger partial charge >= 0.3 is 5.97 Å². The lowest BCUT2D eigenvalue weighted by Crippen LogP contribution is -2.29. The standard InChI is InChI=1S/C20H20ClFN2O5S/c21-18-8-7-16(30(27,28)24-9-1-2-10-24)11-17(18)20(26)29-13-19(25)23-12-14-3-5-15(22)6-4-14/h3-8,11H,1-2,9-10,12-13H2,(H,23,25). The molecule has 7 nitrogen and oxygen atoms in total. The van der Waals surface area contributed by atoms with Crippen molar-refractivity contribution in [2.24, 2.45) is 0 Å². The lowest BCUT2D eigenvalue weighted by atomic mass is 10.2. The minimum Gasteiger partial charge on any atom is -0.452 e. The Balaban J connectivity index is 1.60. The van der Waals surface area contributed by atoms with Crippen LogP contribution in [0.2, 0.25) is 5.02 Å². The van der Waals surface area contributed by atoms with Gasteiger partial charge in [-0.2, -0.15) is 4.31 Å². The molecule has 1 aliphatic heterocycles. The maximum absolute atomic E-state index is 12.9. The van der Waals surface area contributed by atoms with E-state index < -0.39 is 28.5 Å². The SMILES string of the molecule is O=C(COC(=O)c1cc(S(=O)(=O)N2CCCC2)ccc1Cl)NCc1ccc(F)cc1. The van der Waals surface area contributed by atoms with E-state index in [9.17, 15) is 22.4 Å². The Bertz CT molecular complexity index is 1040. The molecule has 3 rings (SSSR count). The van der Waals surface area contributed by atoms with Gasteiger partial charge in [0, 0.05) is 19.6 Å². The number of rotatable bonds is 7. The van der Waals surface area contributed by atoms with Crippen molar-refractivity contribution in [3.05, 3.63) is 64.4 Å². The first-order valence-electron chi connectivity index (χ1n) is 9.25. The second-order valence-electron chi connectivity index (χ2n) is 6.73.